The van der Waals surface area contributed by atoms with E-state index < -0.39 is 28.2 Å². The molecule has 0 aromatic carbocycles. The van der Waals surface area contributed by atoms with Crippen LogP contribution in [0.25, 0.3) is 0 Å². The number of alkyl halides is 3. The van der Waals surface area contributed by atoms with Crippen LogP contribution in [0.1, 0.15) is 31.4 Å². The first-order chi connectivity index (χ1) is 11.1. The molecule has 0 aliphatic carbocycles. The minimum Gasteiger partial charge on any atom is -0.465 e. The van der Waals surface area contributed by atoms with Gasteiger partial charge in [-0.3, -0.25) is 9.48 Å². The van der Waals surface area contributed by atoms with Crippen molar-refractivity contribution < 1.29 is 27.5 Å². The molecule has 130 valence electrons. The van der Waals surface area contributed by atoms with Gasteiger partial charge in [0.25, 0.3) is 5.91 Å². The fourth-order valence-electron chi connectivity index (χ4n) is 1.96. The summed E-state index contributed by atoms with van der Waals surface area (Å²) in [6.07, 6.45) is -4.70. The summed E-state index contributed by atoms with van der Waals surface area (Å²) < 4.78 is 43.5. The molecule has 11 heteroatoms. The number of amides is 1. The van der Waals surface area contributed by atoms with Crippen LogP contribution in [-0.4, -0.2) is 28.8 Å². The van der Waals surface area contributed by atoms with Gasteiger partial charge in [-0.15, -0.1) is 11.3 Å². The van der Waals surface area contributed by atoms with Crippen molar-refractivity contribution in [3.8, 4) is 0 Å². The zero-order valence-electron chi connectivity index (χ0n) is 12.6. The summed E-state index contributed by atoms with van der Waals surface area (Å²) in [4.78, 5) is 24.8. The normalized spacial score (nSPS) is 11.5. The molecule has 0 radical (unpaired) electrons. The quantitative estimate of drug-likeness (QED) is 0.762. The number of carbonyl (C=O) groups is 2. The molecule has 24 heavy (non-hydrogen) atoms. The Morgan fingerprint density at radius 1 is 1.42 bits per heavy atom. The molecule has 1 amide bonds. The molecule has 0 unspecified atom stereocenters. The van der Waals surface area contributed by atoms with Crippen LogP contribution in [0.3, 0.4) is 0 Å². The minimum absolute atomic E-state index is 0.127. The van der Waals surface area contributed by atoms with Gasteiger partial charge in [-0.25, -0.2) is 4.79 Å². The smallest absolute Gasteiger partial charge is 0.436 e. The number of ether oxygens (including phenoxy) is 1. The molecule has 1 N–H and O–H groups in total. The summed E-state index contributed by atoms with van der Waals surface area (Å²) in [6, 6.07) is 1.52. The van der Waals surface area contributed by atoms with Gasteiger partial charge in [-0.2, -0.15) is 18.3 Å². The number of nitrogens with zero attached hydrogens (tertiary/aromatic N) is 2. The predicted molar refractivity (Wildman–Crippen MR) is 84.3 cm³/mol. The maximum atomic E-state index is 12.9. The molecule has 0 fully saturated rings. The zero-order chi connectivity index (χ0) is 18.2. The van der Waals surface area contributed by atoms with Gasteiger partial charge in [-0.1, -0.05) is 0 Å². The van der Waals surface area contributed by atoms with Crippen molar-refractivity contribution in [2.24, 2.45) is 7.05 Å². The highest BCUT2D eigenvalue weighted by molar-refractivity contribution is 9.10. The Bertz CT molecular complexity index is 813. The number of aromatic nitrogens is 2. The van der Waals surface area contributed by atoms with Crippen molar-refractivity contribution in [1.29, 1.82) is 0 Å². The monoisotopic (exact) mass is 425 g/mol. The molecule has 2 aromatic rings. The van der Waals surface area contributed by atoms with E-state index in [1.54, 1.807) is 6.92 Å². The molecular weight excluding hydrogens is 415 g/mol. The van der Waals surface area contributed by atoms with E-state index in [0.29, 0.717) is 0 Å². The Morgan fingerprint density at radius 2 is 2.04 bits per heavy atom. The minimum atomic E-state index is -4.70. The van der Waals surface area contributed by atoms with Gasteiger partial charge < -0.3 is 10.1 Å². The lowest BCUT2D eigenvalue weighted by Crippen LogP contribution is -2.17. The number of halogens is 4. The average Bonchev–Trinajstić information content (AvgIpc) is 2.97. The number of anilines is 1. The maximum Gasteiger partial charge on any atom is 0.436 e. The van der Waals surface area contributed by atoms with Gasteiger partial charge >= 0.3 is 12.1 Å². The van der Waals surface area contributed by atoms with E-state index >= 15 is 0 Å². The molecular formula is C13H11BrF3N3O3S. The Balaban J connectivity index is 2.39. The van der Waals surface area contributed by atoms with Crippen molar-refractivity contribution in [1.82, 2.24) is 9.78 Å². The second kappa shape index (κ2) is 6.55. The summed E-state index contributed by atoms with van der Waals surface area (Å²) in [7, 11) is 2.41. The first kappa shape index (κ1) is 18.5. The van der Waals surface area contributed by atoms with Crippen molar-refractivity contribution in [2.75, 3.05) is 12.4 Å². The molecule has 0 aliphatic rings. The summed E-state index contributed by atoms with van der Waals surface area (Å²) in [6.45, 7) is 1.72. The van der Waals surface area contributed by atoms with Crippen LogP contribution >= 0.6 is 27.3 Å². The van der Waals surface area contributed by atoms with E-state index in [1.807, 2.05) is 0 Å². The molecule has 0 saturated carbocycles. The third-order valence-corrected chi connectivity index (χ3v) is 4.68. The first-order valence-electron chi connectivity index (χ1n) is 6.36. The van der Waals surface area contributed by atoms with Gasteiger partial charge in [0.05, 0.1) is 17.1 Å². The number of rotatable bonds is 3. The third kappa shape index (κ3) is 3.46. The molecule has 2 heterocycles. The van der Waals surface area contributed by atoms with E-state index in [9.17, 15) is 22.8 Å². The number of nitrogens with one attached hydrogen (secondary N) is 1. The summed E-state index contributed by atoms with van der Waals surface area (Å²) in [5.41, 5.74) is -1.39. The maximum absolute atomic E-state index is 12.9. The Labute approximate surface area is 146 Å². The standard InChI is InChI=1S/C13H11BrF3N3O3S/c1-5-4-6(12(22)23-3)11(24-5)18-10(21)8-7(14)9(13(15,16)17)19-20(8)2/h4H,1-3H3,(H,18,21). The average molecular weight is 426 g/mol. The number of hydrogen-bond acceptors (Lipinski definition) is 5. The number of methoxy groups -OCH3 is 1. The largest absolute Gasteiger partial charge is 0.465 e. The molecule has 6 nitrogen and oxygen atoms in total. The Hall–Kier alpha value is -1.88. The van der Waals surface area contributed by atoms with Crippen LogP contribution in [0.2, 0.25) is 0 Å². The molecule has 2 rings (SSSR count). The van der Waals surface area contributed by atoms with Crippen molar-refractivity contribution in [3.63, 3.8) is 0 Å². The van der Waals surface area contributed by atoms with Gasteiger partial charge in [0.2, 0.25) is 0 Å². The summed E-state index contributed by atoms with van der Waals surface area (Å²) >= 11 is 3.87. The number of carbonyl (C=O) groups excluding carboxylic acids is 2. The topological polar surface area (TPSA) is 73.2 Å². The molecule has 0 atom stereocenters. The SMILES string of the molecule is COC(=O)c1cc(C)sc1NC(=O)c1c(Br)c(C(F)(F)F)nn1C. The second-order valence-corrected chi connectivity index (χ2v) is 6.73. The van der Waals surface area contributed by atoms with Gasteiger partial charge in [0, 0.05) is 11.9 Å². The van der Waals surface area contributed by atoms with E-state index in [0.717, 1.165) is 20.9 Å². The molecule has 2 aromatic heterocycles. The first-order valence-corrected chi connectivity index (χ1v) is 7.97. The molecule has 0 aliphatic heterocycles. The van der Waals surface area contributed by atoms with Crippen molar-refractivity contribution >= 4 is 44.1 Å². The van der Waals surface area contributed by atoms with Crippen LogP contribution in [0.4, 0.5) is 18.2 Å². The lowest BCUT2D eigenvalue weighted by Gasteiger charge is -2.06. The van der Waals surface area contributed by atoms with Crippen LogP contribution in [0, 0.1) is 6.92 Å². The van der Waals surface area contributed by atoms with Crippen LogP contribution in [-0.2, 0) is 18.0 Å². The molecule has 0 saturated heterocycles. The van der Waals surface area contributed by atoms with E-state index in [4.69, 9.17) is 0 Å². The fraction of sp³-hybridized carbons (Fsp3) is 0.308. The van der Waals surface area contributed by atoms with Crippen molar-refractivity contribution in [2.45, 2.75) is 13.1 Å². The van der Waals surface area contributed by atoms with Crippen molar-refractivity contribution in [3.05, 3.63) is 32.4 Å². The summed E-state index contributed by atoms with van der Waals surface area (Å²) in [5.74, 6) is -1.49. The number of hydrogen-bond donors (Lipinski definition) is 1. The van der Waals surface area contributed by atoms with E-state index in [1.165, 1.54) is 20.2 Å². The fourth-order valence-corrected chi connectivity index (χ4v) is 3.59. The lowest BCUT2D eigenvalue weighted by atomic mass is 10.3. The predicted octanol–water partition coefficient (Wildman–Crippen LogP) is 3.61. The Kier molecular flexibility index (Phi) is 5.04. The Morgan fingerprint density at radius 3 is 2.54 bits per heavy atom. The van der Waals surface area contributed by atoms with E-state index in [-0.39, 0.29) is 16.3 Å². The van der Waals surface area contributed by atoms with Gasteiger partial charge in [-0.05, 0) is 28.9 Å². The highest BCUT2D eigenvalue weighted by Crippen LogP contribution is 2.36. The third-order valence-electron chi connectivity index (χ3n) is 2.96. The number of aryl methyl sites for hydroxylation is 2. The molecule has 0 spiro atoms. The molecule has 0 bridgehead atoms. The highest BCUT2D eigenvalue weighted by Gasteiger charge is 2.39. The van der Waals surface area contributed by atoms with Crippen LogP contribution in [0.5, 0.6) is 0 Å². The second-order valence-electron chi connectivity index (χ2n) is 4.68. The van der Waals surface area contributed by atoms with Crippen LogP contribution in [0.15, 0.2) is 10.5 Å². The zero-order valence-corrected chi connectivity index (χ0v) is 15.0. The van der Waals surface area contributed by atoms with E-state index in [2.05, 4.69) is 31.1 Å². The lowest BCUT2D eigenvalue weighted by molar-refractivity contribution is -0.142. The van der Waals surface area contributed by atoms with Crippen LogP contribution < -0.4 is 5.32 Å². The number of esters is 1. The van der Waals surface area contributed by atoms with Gasteiger partial charge in [0.15, 0.2) is 5.69 Å². The van der Waals surface area contributed by atoms with Gasteiger partial charge in [0.1, 0.15) is 10.7 Å². The highest BCUT2D eigenvalue weighted by atomic mass is 79.9. The summed E-state index contributed by atoms with van der Waals surface area (Å²) in [5, 5.41) is 5.93. The number of thiophene rings is 1.